The number of quaternary nitrogens is 1. The number of nitrogens with one attached hydrogen (secondary N) is 3. The SMILES string of the molecule is Cc1ccc(-c2nc(=S)n(C[NH+](C)CC(=O)NC(C)C)[nH]2)cc1. The Bertz CT molecular complexity index is 717. The second-order valence-electron chi connectivity index (χ2n) is 6.16. The molecule has 1 aromatic carbocycles. The van der Waals surface area contributed by atoms with Gasteiger partial charge in [-0.2, -0.15) is 4.98 Å². The van der Waals surface area contributed by atoms with E-state index in [-0.39, 0.29) is 11.9 Å². The van der Waals surface area contributed by atoms with Crippen molar-refractivity contribution in [3.8, 4) is 11.4 Å². The molecule has 0 bridgehead atoms. The minimum Gasteiger partial charge on any atom is -0.349 e. The zero-order valence-electron chi connectivity index (χ0n) is 14.0. The number of aromatic nitrogens is 3. The summed E-state index contributed by atoms with van der Waals surface area (Å²) in [4.78, 5) is 17.2. The molecule has 0 spiro atoms. The summed E-state index contributed by atoms with van der Waals surface area (Å²) in [6, 6.07) is 8.26. The first-order valence-corrected chi connectivity index (χ1v) is 8.10. The fourth-order valence-electron chi connectivity index (χ4n) is 2.28. The Labute approximate surface area is 141 Å². The highest BCUT2D eigenvalue weighted by atomic mass is 32.1. The zero-order valence-corrected chi connectivity index (χ0v) is 14.8. The molecular weight excluding hydrogens is 310 g/mol. The number of hydrogen-bond acceptors (Lipinski definition) is 3. The second-order valence-corrected chi connectivity index (χ2v) is 6.53. The minimum atomic E-state index is 0.0299. The van der Waals surface area contributed by atoms with E-state index in [0.717, 1.165) is 16.3 Å². The number of benzene rings is 1. The number of carbonyl (C=O) groups excluding carboxylic acids is 1. The van der Waals surface area contributed by atoms with Gasteiger partial charge in [-0.05, 0) is 33.0 Å². The fourth-order valence-corrected chi connectivity index (χ4v) is 2.48. The van der Waals surface area contributed by atoms with Crippen molar-refractivity contribution in [1.82, 2.24) is 20.1 Å². The van der Waals surface area contributed by atoms with E-state index in [2.05, 4.69) is 15.4 Å². The molecule has 0 aliphatic rings. The average Bonchev–Trinajstić information content (AvgIpc) is 2.79. The molecule has 6 nitrogen and oxygen atoms in total. The lowest BCUT2D eigenvalue weighted by Gasteiger charge is -2.15. The van der Waals surface area contributed by atoms with Gasteiger partial charge in [0.2, 0.25) is 4.77 Å². The molecular formula is C16H24N5OS+. The van der Waals surface area contributed by atoms with Gasteiger partial charge in [-0.15, -0.1) is 0 Å². The van der Waals surface area contributed by atoms with Gasteiger partial charge in [-0.3, -0.25) is 9.89 Å². The summed E-state index contributed by atoms with van der Waals surface area (Å²) in [5.74, 6) is 0.775. The molecule has 0 saturated heterocycles. The molecule has 1 aromatic heterocycles. The smallest absolute Gasteiger partial charge is 0.275 e. The predicted octanol–water partition coefficient (Wildman–Crippen LogP) is 0.913. The zero-order chi connectivity index (χ0) is 17.0. The molecule has 1 amide bonds. The van der Waals surface area contributed by atoms with Crippen molar-refractivity contribution in [1.29, 1.82) is 0 Å². The Morgan fingerprint density at radius 2 is 2.04 bits per heavy atom. The molecule has 1 atom stereocenters. The van der Waals surface area contributed by atoms with Crippen molar-refractivity contribution < 1.29 is 9.69 Å². The van der Waals surface area contributed by atoms with Crippen LogP contribution in [0.3, 0.4) is 0 Å². The summed E-state index contributed by atoms with van der Waals surface area (Å²) in [7, 11) is 1.95. The Hall–Kier alpha value is -1.99. The topological polar surface area (TPSA) is 67.2 Å². The van der Waals surface area contributed by atoms with Crippen molar-refractivity contribution in [2.45, 2.75) is 33.5 Å². The first-order valence-electron chi connectivity index (χ1n) is 7.69. The van der Waals surface area contributed by atoms with Crippen LogP contribution in [0.4, 0.5) is 0 Å². The van der Waals surface area contributed by atoms with Crippen LogP contribution < -0.4 is 10.2 Å². The maximum atomic E-state index is 11.8. The Kier molecular flexibility index (Phi) is 5.68. The highest BCUT2D eigenvalue weighted by Crippen LogP contribution is 2.14. The summed E-state index contributed by atoms with van der Waals surface area (Å²) >= 11 is 5.31. The maximum Gasteiger partial charge on any atom is 0.275 e. The summed E-state index contributed by atoms with van der Waals surface area (Å²) in [6.07, 6.45) is 0. The van der Waals surface area contributed by atoms with Crippen LogP contribution in [-0.2, 0) is 11.5 Å². The van der Waals surface area contributed by atoms with Crippen LogP contribution in [0, 0.1) is 11.7 Å². The summed E-state index contributed by atoms with van der Waals surface area (Å²) < 4.78 is 2.28. The third kappa shape index (κ3) is 5.01. The number of aryl methyl sites for hydroxylation is 1. The molecule has 0 aliphatic carbocycles. The quantitative estimate of drug-likeness (QED) is 0.688. The molecule has 3 N–H and O–H groups in total. The fraction of sp³-hybridized carbons (Fsp3) is 0.438. The first-order chi connectivity index (χ1) is 10.8. The normalized spacial score (nSPS) is 12.4. The van der Waals surface area contributed by atoms with Gasteiger partial charge in [-0.25, -0.2) is 4.68 Å². The molecule has 7 heteroatoms. The van der Waals surface area contributed by atoms with Gasteiger partial charge in [0.1, 0.15) is 0 Å². The van der Waals surface area contributed by atoms with Crippen molar-refractivity contribution in [2.75, 3.05) is 13.6 Å². The first kappa shape index (κ1) is 17.4. The standard InChI is InChI=1S/C16H23N5OS/c1-11(2)17-14(22)9-20(4)10-21-16(23)18-15(19-21)13-7-5-12(3)6-8-13/h5-8,11H,9-10H2,1-4H3,(H,17,22)(H,18,19,23)/p+1. The van der Waals surface area contributed by atoms with E-state index in [4.69, 9.17) is 12.2 Å². The summed E-state index contributed by atoms with van der Waals surface area (Å²) in [5, 5.41) is 6.10. The summed E-state index contributed by atoms with van der Waals surface area (Å²) in [5.41, 5.74) is 2.20. The van der Waals surface area contributed by atoms with Gasteiger partial charge in [0, 0.05) is 11.6 Å². The number of nitrogens with zero attached hydrogens (tertiary/aromatic N) is 2. The van der Waals surface area contributed by atoms with Crippen LogP contribution in [0.25, 0.3) is 11.4 Å². The molecule has 0 aliphatic heterocycles. The number of carbonyl (C=O) groups is 1. The van der Waals surface area contributed by atoms with Crippen LogP contribution >= 0.6 is 12.2 Å². The van der Waals surface area contributed by atoms with Gasteiger partial charge in [-0.1, -0.05) is 29.8 Å². The highest BCUT2D eigenvalue weighted by molar-refractivity contribution is 7.71. The number of amides is 1. The van der Waals surface area contributed by atoms with Crippen molar-refractivity contribution in [2.24, 2.45) is 0 Å². The van der Waals surface area contributed by atoms with Crippen LogP contribution in [0.15, 0.2) is 24.3 Å². The molecule has 1 heterocycles. The van der Waals surface area contributed by atoms with Gasteiger partial charge >= 0.3 is 0 Å². The van der Waals surface area contributed by atoms with E-state index in [1.807, 2.05) is 52.1 Å². The minimum absolute atomic E-state index is 0.0299. The van der Waals surface area contributed by atoms with E-state index in [0.29, 0.717) is 18.0 Å². The predicted molar refractivity (Wildman–Crippen MR) is 92.6 cm³/mol. The number of hydrogen-bond donors (Lipinski definition) is 3. The molecule has 1 unspecified atom stereocenters. The van der Waals surface area contributed by atoms with Crippen molar-refractivity contribution >= 4 is 18.1 Å². The molecule has 0 fully saturated rings. The third-order valence-electron chi connectivity index (χ3n) is 3.34. The lowest BCUT2D eigenvalue weighted by atomic mass is 10.1. The van der Waals surface area contributed by atoms with Gasteiger partial charge in [0.05, 0.1) is 7.05 Å². The van der Waals surface area contributed by atoms with Crippen LogP contribution in [-0.4, -0.2) is 40.3 Å². The van der Waals surface area contributed by atoms with Crippen LogP contribution in [0.5, 0.6) is 0 Å². The van der Waals surface area contributed by atoms with Gasteiger partial charge in [0.25, 0.3) is 5.91 Å². The molecule has 23 heavy (non-hydrogen) atoms. The maximum absolute atomic E-state index is 11.8. The Balaban J connectivity index is 2.05. The number of rotatable bonds is 6. The number of H-pyrrole nitrogens is 1. The van der Waals surface area contributed by atoms with Crippen molar-refractivity contribution in [3.63, 3.8) is 0 Å². The molecule has 0 saturated carbocycles. The number of likely N-dealkylation sites (N-methyl/N-ethyl adjacent to an activating group) is 1. The van der Waals surface area contributed by atoms with E-state index in [1.165, 1.54) is 5.56 Å². The number of aromatic amines is 1. The summed E-state index contributed by atoms with van der Waals surface area (Å²) in [6.45, 7) is 6.89. The highest BCUT2D eigenvalue weighted by Gasteiger charge is 2.13. The van der Waals surface area contributed by atoms with E-state index in [9.17, 15) is 4.79 Å². The largest absolute Gasteiger partial charge is 0.349 e. The van der Waals surface area contributed by atoms with E-state index < -0.39 is 0 Å². The lowest BCUT2D eigenvalue weighted by Crippen LogP contribution is -3.09. The average molecular weight is 334 g/mol. The van der Waals surface area contributed by atoms with Crippen LogP contribution in [0.2, 0.25) is 0 Å². The lowest BCUT2D eigenvalue weighted by molar-refractivity contribution is -0.895. The molecule has 2 rings (SSSR count). The molecule has 2 aromatic rings. The van der Waals surface area contributed by atoms with Gasteiger partial charge < -0.3 is 10.2 Å². The monoisotopic (exact) mass is 334 g/mol. The second kappa shape index (κ2) is 7.52. The molecule has 0 radical (unpaired) electrons. The van der Waals surface area contributed by atoms with Crippen molar-refractivity contribution in [3.05, 3.63) is 34.6 Å². The van der Waals surface area contributed by atoms with Gasteiger partial charge in [0.15, 0.2) is 19.0 Å². The van der Waals surface area contributed by atoms with E-state index >= 15 is 0 Å². The molecule has 124 valence electrons. The van der Waals surface area contributed by atoms with E-state index in [1.54, 1.807) is 4.68 Å². The third-order valence-corrected chi connectivity index (χ3v) is 3.66. The van der Waals surface area contributed by atoms with Crippen LogP contribution in [0.1, 0.15) is 19.4 Å². The Morgan fingerprint density at radius 3 is 2.65 bits per heavy atom. The Morgan fingerprint density at radius 1 is 1.39 bits per heavy atom.